The lowest BCUT2D eigenvalue weighted by Crippen LogP contribution is -2.46. The molecule has 0 spiro atoms. The maximum Gasteiger partial charge on any atom is 0.248 e. The third-order valence-corrected chi connectivity index (χ3v) is 8.78. The van der Waals surface area contributed by atoms with Crippen LogP contribution in [0.3, 0.4) is 0 Å². The number of sulfonamides is 1. The van der Waals surface area contributed by atoms with Gasteiger partial charge in [-0.25, -0.2) is 8.42 Å². The zero-order chi connectivity index (χ0) is 22.9. The van der Waals surface area contributed by atoms with Crippen LogP contribution in [0.2, 0.25) is 0 Å². The molecule has 0 aliphatic carbocycles. The fourth-order valence-corrected chi connectivity index (χ4v) is 6.87. The average Bonchev–Trinajstić information content (AvgIpc) is 3.50. The van der Waals surface area contributed by atoms with E-state index in [1.54, 1.807) is 42.4 Å². The molecule has 0 saturated carbocycles. The van der Waals surface area contributed by atoms with Crippen LogP contribution in [-0.4, -0.2) is 41.8 Å². The first-order valence-corrected chi connectivity index (χ1v) is 12.8. The lowest BCUT2D eigenvalue weighted by atomic mass is 9.98. The highest BCUT2D eigenvalue weighted by atomic mass is 32.2. The van der Waals surface area contributed by atoms with Gasteiger partial charge in [-0.2, -0.15) is 4.31 Å². The molecular weight excluding hydrogens is 450 g/mol. The van der Waals surface area contributed by atoms with Gasteiger partial charge in [0.25, 0.3) is 0 Å². The van der Waals surface area contributed by atoms with Gasteiger partial charge < -0.3 is 13.8 Å². The Morgan fingerprint density at radius 2 is 2.06 bits per heavy atom. The number of aryl methyl sites for hydroxylation is 3. The summed E-state index contributed by atoms with van der Waals surface area (Å²) in [5.41, 5.74) is 0.337. The maximum absolute atomic E-state index is 13.6. The van der Waals surface area contributed by atoms with Crippen LogP contribution in [0.5, 0.6) is 0 Å². The molecule has 1 saturated heterocycles. The van der Waals surface area contributed by atoms with Crippen LogP contribution in [0.15, 0.2) is 44.4 Å². The van der Waals surface area contributed by atoms with Gasteiger partial charge in [0, 0.05) is 22.8 Å². The lowest BCUT2D eigenvalue weighted by molar-refractivity contribution is -0.138. The van der Waals surface area contributed by atoms with Crippen molar-refractivity contribution in [1.29, 1.82) is 0 Å². The van der Waals surface area contributed by atoms with E-state index in [0.29, 0.717) is 43.9 Å². The molecule has 3 aromatic heterocycles. The third kappa shape index (κ3) is 4.67. The molecule has 10 heteroatoms. The summed E-state index contributed by atoms with van der Waals surface area (Å²) in [6, 6.07) is 7.70. The Morgan fingerprint density at radius 3 is 2.69 bits per heavy atom. The first kappa shape index (κ1) is 22.8. The number of carbonyl (C=O) groups excluding carboxylic acids is 1. The Hall–Kier alpha value is -2.43. The fraction of sp³-hybridized carbons (Fsp3) is 0.455. The third-order valence-electron chi connectivity index (χ3n) is 5.68. The molecule has 1 aliphatic rings. The molecule has 8 nitrogen and oxygen atoms in total. The average molecular weight is 478 g/mol. The molecule has 0 N–H and O–H groups in total. The molecule has 1 unspecified atom stereocenters. The van der Waals surface area contributed by atoms with E-state index in [4.69, 9.17) is 8.94 Å². The predicted octanol–water partition coefficient (Wildman–Crippen LogP) is 3.88. The van der Waals surface area contributed by atoms with E-state index in [9.17, 15) is 13.2 Å². The molecule has 1 fully saturated rings. The summed E-state index contributed by atoms with van der Waals surface area (Å²) in [4.78, 5) is 17.7. The minimum Gasteiger partial charge on any atom is -0.467 e. The monoisotopic (exact) mass is 477 g/mol. The van der Waals surface area contributed by atoms with Gasteiger partial charge in [-0.05, 0) is 57.9 Å². The summed E-state index contributed by atoms with van der Waals surface area (Å²) in [5.74, 6) is 0.479. The number of amides is 1. The standard InChI is InChI=1S/C22H27N3O5S2/c1-15-8-9-20(31-15)14-24(13-19-7-5-11-29-19)22(26)18-6-4-10-25(12-18)32(27,28)21-16(2)23-30-17(21)3/h5,7-9,11,18H,4,6,10,12-14H2,1-3H3. The summed E-state index contributed by atoms with van der Waals surface area (Å²) in [6.45, 7) is 6.56. The van der Waals surface area contributed by atoms with Crippen molar-refractivity contribution in [3.05, 3.63) is 57.5 Å². The van der Waals surface area contributed by atoms with Gasteiger partial charge >= 0.3 is 0 Å². The van der Waals surface area contributed by atoms with Crippen LogP contribution in [0.1, 0.15) is 39.8 Å². The van der Waals surface area contributed by atoms with Crippen LogP contribution < -0.4 is 0 Å². The molecule has 4 rings (SSSR count). The van der Waals surface area contributed by atoms with Crippen LogP contribution in [0, 0.1) is 26.7 Å². The van der Waals surface area contributed by atoms with Crippen LogP contribution in [0.25, 0.3) is 0 Å². The van der Waals surface area contributed by atoms with Crippen molar-refractivity contribution in [2.45, 2.75) is 51.6 Å². The highest BCUT2D eigenvalue weighted by Gasteiger charge is 2.37. The smallest absolute Gasteiger partial charge is 0.248 e. The first-order valence-electron chi connectivity index (χ1n) is 10.5. The van der Waals surface area contributed by atoms with Gasteiger partial charge in [0.2, 0.25) is 15.9 Å². The minimum atomic E-state index is -3.79. The van der Waals surface area contributed by atoms with Gasteiger partial charge in [-0.3, -0.25) is 4.79 Å². The molecule has 1 amide bonds. The van der Waals surface area contributed by atoms with Gasteiger partial charge in [0.05, 0.1) is 25.3 Å². The Balaban J connectivity index is 1.55. The molecule has 0 aromatic carbocycles. The number of hydrogen-bond donors (Lipinski definition) is 0. The first-order chi connectivity index (χ1) is 15.3. The topological polar surface area (TPSA) is 96.9 Å². The van der Waals surface area contributed by atoms with Crippen molar-refractivity contribution in [2.75, 3.05) is 13.1 Å². The molecule has 1 atom stereocenters. The van der Waals surface area contributed by atoms with Gasteiger partial charge in [-0.1, -0.05) is 5.16 Å². The Morgan fingerprint density at radius 1 is 1.25 bits per heavy atom. The minimum absolute atomic E-state index is 0.0638. The van der Waals surface area contributed by atoms with Crippen molar-refractivity contribution < 1.29 is 22.2 Å². The number of rotatable bonds is 7. The second kappa shape index (κ2) is 9.21. The molecule has 32 heavy (non-hydrogen) atoms. The molecule has 4 heterocycles. The second-order valence-corrected chi connectivity index (χ2v) is 11.4. The van der Waals surface area contributed by atoms with Crippen molar-refractivity contribution in [3.63, 3.8) is 0 Å². The predicted molar refractivity (Wildman–Crippen MR) is 119 cm³/mol. The van der Waals surface area contributed by atoms with E-state index in [1.165, 1.54) is 9.18 Å². The molecule has 1 aliphatic heterocycles. The lowest BCUT2D eigenvalue weighted by Gasteiger charge is -2.34. The maximum atomic E-state index is 13.6. The number of nitrogens with zero attached hydrogens (tertiary/aromatic N) is 3. The number of aromatic nitrogens is 1. The van der Waals surface area contributed by atoms with Crippen LogP contribution in [-0.2, 0) is 27.9 Å². The molecular formula is C22H27N3O5S2. The number of thiophene rings is 1. The highest BCUT2D eigenvalue weighted by molar-refractivity contribution is 7.89. The Kier molecular flexibility index (Phi) is 6.55. The van der Waals surface area contributed by atoms with Crippen molar-refractivity contribution in [1.82, 2.24) is 14.4 Å². The van der Waals surface area contributed by atoms with E-state index < -0.39 is 15.9 Å². The molecule has 172 valence electrons. The van der Waals surface area contributed by atoms with Crippen molar-refractivity contribution in [2.24, 2.45) is 5.92 Å². The van der Waals surface area contributed by atoms with E-state index in [2.05, 4.69) is 5.16 Å². The Bertz CT molecular complexity index is 1160. The zero-order valence-corrected chi connectivity index (χ0v) is 20.0. The van der Waals surface area contributed by atoms with E-state index in [0.717, 1.165) is 4.88 Å². The van der Waals surface area contributed by atoms with Crippen LogP contribution >= 0.6 is 11.3 Å². The second-order valence-electron chi connectivity index (χ2n) is 8.14. The number of furan rings is 1. The molecule has 0 bridgehead atoms. The van der Waals surface area contributed by atoms with Crippen LogP contribution in [0.4, 0.5) is 0 Å². The quantitative estimate of drug-likeness (QED) is 0.512. The summed E-state index contributed by atoms with van der Waals surface area (Å²) in [7, 11) is -3.79. The highest BCUT2D eigenvalue weighted by Crippen LogP contribution is 2.29. The fourth-order valence-electron chi connectivity index (χ4n) is 4.15. The summed E-state index contributed by atoms with van der Waals surface area (Å²) in [6.07, 6.45) is 2.85. The number of piperidine rings is 1. The summed E-state index contributed by atoms with van der Waals surface area (Å²) >= 11 is 1.65. The summed E-state index contributed by atoms with van der Waals surface area (Å²) in [5, 5.41) is 3.78. The normalized spacial score (nSPS) is 17.5. The number of carbonyl (C=O) groups is 1. The van der Waals surface area contributed by atoms with Gasteiger partial charge in [-0.15, -0.1) is 11.3 Å². The van der Waals surface area contributed by atoms with Crippen molar-refractivity contribution >= 4 is 27.3 Å². The van der Waals surface area contributed by atoms with Gasteiger partial charge in [0.15, 0.2) is 5.76 Å². The van der Waals surface area contributed by atoms with E-state index in [1.807, 2.05) is 25.1 Å². The SMILES string of the molecule is Cc1ccc(CN(Cc2ccco2)C(=O)C2CCCN(S(=O)(=O)c3c(C)noc3C)C2)s1. The van der Waals surface area contributed by atoms with E-state index >= 15 is 0 Å². The number of hydrogen-bond acceptors (Lipinski definition) is 7. The van der Waals surface area contributed by atoms with Crippen molar-refractivity contribution in [3.8, 4) is 0 Å². The molecule has 3 aromatic rings. The molecule has 0 radical (unpaired) electrons. The zero-order valence-electron chi connectivity index (χ0n) is 18.4. The van der Waals surface area contributed by atoms with E-state index in [-0.39, 0.29) is 23.1 Å². The summed E-state index contributed by atoms with van der Waals surface area (Å²) < 4.78 is 38.5. The Labute approximate surface area is 191 Å². The largest absolute Gasteiger partial charge is 0.467 e. The van der Waals surface area contributed by atoms with Gasteiger partial charge in [0.1, 0.15) is 16.3 Å².